The van der Waals surface area contributed by atoms with Gasteiger partial charge in [-0.25, -0.2) is 0 Å². The number of nitrogens with zero attached hydrogens (tertiary/aromatic N) is 2. The molecule has 1 saturated carbocycles. The van der Waals surface area contributed by atoms with Gasteiger partial charge in [0, 0.05) is 43.5 Å². The van der Waals surface area contributed by atoms with Crippen LogP contribution in [0.3, 0.4) is 0 Å². The van der Waals surface area contributed by atoms with Crippen molar-refractivity contribution < 1.29 is 9.59 Å². The summed E-state index contributed by atoms with van der Waals surface area (Å²) >= 11 is 0. The molecule has 5 heteroatoms. The lowest BCUT2D eigenvalue weighted by Gasteiger charge is -2.31. The summed E-state index contributed by atoms with van der Waals surface area (Å²) in [6.45, 7) is 3.70. The molecule has 0 unspecified atom stereocenters. The molecule has 26 heavy (non-hydrogen) atoms. The second kappa shape index (κ2) is 7.68. The summed E-state index contributed by atoms with van der Waals surface area (Å²) < 4.78 is 0. The van der Waals surface area contributed by atoms with E-state index in [2.05, 4.69) is 10.2 Å². The summed E-state index contributed by atoms with van der Waals surface area (Å²) in [4.78, 5) is 29.7. The van der Waals surface area contributed by atoms with E-state index in [0.29, 0.717) is 0 Å². The van der Waals surface area contributed by atoms with Gasteiger partial charge in [0.15, 0.2) is 0 Å². The first kappa shape index (κ1) is 17.4. The molecule has 3 fully saturated rings. The Hall–Kier alpha value is -2.04. The van der Waals surface area contributed by atoms with Crippen molar-refractivity contribution >= 4 is 23.2 Å². The number of nitrogens with one attached hydrogen (secondary N) is 1. The minimum atomic E-state index is 0.0987. The van der Waals surface area contributed by atoms with E-state index in [4.69, 9.17) is 0 Å². The number of likely N-dealkylation sites (tertiary alicyclic amines) is 1. The van der Waals surface area contributed by atoms with Gasteiger partial charge in [0.2, 0.25) is 5.91 Å². The van der Waals surface area contributed by atoms with E-state index in [1.165, 1.54) is 19.3 Å². The molecule has 1 aromatic rings. The highest BCUT2D eigenvalue weighted by Gasteiger charge is 2.27. The van der Waals surface area contributed by atoms with Crippen molar-refractivity contribution in [2.24, 2.45) is 5.92 Å². The van der Waals surface area contributed by atoms with E-state index in [9.17, 15) is 9.59 Å². The largest absolute Gasteiger partial charge is 0.371 e. The fraction of sp³-hybridized carbons (Fsp3) is 0.619. The van der Waals surface area contributed by atoms with Crippen molar-refractivity contribution in [3.05, 3.63) is 23.8 Å². The van der Waals surface area contributed by atoms with Crippen molar-refractivity contribution in [1.82, 2.24) is 4.90 Å². The Morgan fingerprint density at radius 2 is 1.58 bits per heavy atom. The third kappa shape index (κ3) is 3.57. The van der Waals surface area contributed by atoms with E-state index in [0.717, 1.165) is 75.2 Å². The smallest absolute Gasteiger partial charge is 0.256 e. The normalized spacial score (nSPS) is 20.8. The lowest BCUT2D eigenvalue weighted by molar-refractivity contribution is -0.122. The van der Waals surface area contributed by atoms with Crippen LogP contribution in [0.5, 0.6) is 0 Å². The molecule has 1 aromatic carbocycles. The number of rotatable bonds is 4. The minimum Gasteiger partial charge on any atom is -0.371 e. The summed E-state index contributed by atoms with van der Waals surface area (Å²) in [6, 6.07) is 5.90. The third-order valence-electron chi connectivity index (χ3n) is 6.06. The Morgan fingerprint density at radius 1 is 0.885 bits per heavy atom. The maximum atomic E-state index is 13.1. The molecule has 2 aliphatic heterocycles. The summed E-state index contributed by atoms with van der Waals surface area (Å²) in [6.07, 6.45) is 8.90. The molecule has 1 N–H and O–H groups in total. The average Bonchev–Trinajstić information content (AvgIpc) is 3.15. The van der Waals surface area contributed by atoms with Gasteiger partial charge < -0.3 is 15.1 Å². The molecule has 0 spiro atoms. The second-order valence-corrected chi connectivity index (χ2v) is 7.90. The van der Waals surface area contributed by atoms with Gasteiger partial charge in [0.05, 0.1) is 5.56 Å². The first-order chi connectivity index (χ1) is 12.7. The van der Waals surface area contributed by atoms with Gasteiger partial charge in [-0.05, 0) is 63.1 Å². The van der Waals surface area contributed by atoms with E-state index in [1.807, 2.05) is 23.1 Å². The van der Waals surface area contributed by atoms with Gasteiger partial charge in [0.25, 0.3) is 5.91 Å². The fourth-order valence-corrected chi connectivity index (χ4v) is 4.20. The van der Waals surface area contributed by atoms with E-state index in [-0.39, 0.29) is 17.7 Å². The Kier molecular flexibility index (Phi) is 5.14. The molecule has 4 rings (SSSR count). The minimum absolute atomic E-state index is 0.0987. The van der Waals surface area contributed by atoms with Crippen LogP contribution in [-0.4, -0.2) is 42.9 Å². The molecular formula is C21H29N3O2. The monoisotopic (exact) mass is 355 g/mol. The number of hydrogen-bond donors (Lipinski definition) is 1. The highest BCUT2D eigenvalue weighted by atomic mass is 16.2. The van der Waals surface area contributed by atoms with E-state index >= 15 is 0 Å². The molecule has 2 amide bonds. The zero-order valence-electron chi connectivity index (χ0n) is 15.5. The number of carbonyl (C=O) groups excluding carboxylic acids is 2. The van der Waals surface area contributed by atoms with Crippen LogP contribution in [0.2, 0.25) is 0 Å². The number of benzene rings is 1. The second-order valence-electron chi connectivity index (χ2n) is 7.90. The average molecular weight is 355 g/mol. The maximum Gasteiger partial charge on any atom is 0.256 e. The lowest BCUT2D eigenvalue weighted by Crippen LogP contribution is -2.34. The van der Waals surface area contributed by atoms with Crippen LogP contribution in [-0.2, 0) is 4.79 Å². The van der Waals surface area contributed by atoms with Crippen molar-refractivity contribution in [1.29, 1.82) is 0 Å². The number of hydrogen-bond acceptors (Lipinski definition) is 3. The number of carbonyl (C=O) groups is 2. The lowest BCUT2D eigenvalue weighted by atomic mass is 9.85. The Labute approximate surface area is 155 Å². The Balaban J connectivity index is 1.59. The van der Waals surface area contributed by atoms with Crippen LogP contribution in [0.15, 0.2) is 18.2 Å². The summed E-state index contributed by atoms with van der Waals surface area (Å²) in [5, 5.41) is 3.03. The predicted molar refractivity (Wildman–Crippen MR) is 104 cm³/mol. The van der Waals surface area contributed by atoms with Gasteiger partial charge >= 0.3 is 0 Å². The molecule has 0 atom stereocenters. The fourth-order valence-electron chi connectivity index (χ4n) is 4.20. The van der Waals surface area contributed by atoms with Gasteiger partial charge in [-0.2, -0.15) is 0 Å². The SMILES string of the molecule is O=C(Nc1ccc(N2CCCCC2)c(C(=O)N2CCCC2)c1)C1CCC1. The van der Waals surface area contributed by atoms with Crippen LogP contribution in [0.1, 0.15) is 61.7 Å². The molecular weight excluding hydrogens is 326 g/mol. The molecule has 140 valence electrons. The third-order valence-corrected chi connectivity index (χ3v) is 6.06. The van der Waals surface area contributed by atoms with Gasteiger partial charge in [-0.15, -0.1) is 0 Å². The quantitative estimate of drug-likeness (QED) is 0.897. The van der Waals surface area contributed by atoms with Crippen molar-refractivity contribution in [2.75, 3.05) is 36.4 Å². The van der Waals surface area contributed by atoms with Gasteiger partial charge in [0.1, 0.15) is 0 Å². The van der Waals surface area contributed by atoms with Crippen LogP contribution in [0, 0.1) is 5.92 Å². The van der Waals surface area contributed by atoms with Crippen LogP contribution in [0.4, 0.5) is 11.4 Å². The topological polar surface area (TPSA) is 52.7 Å². The molecule has 2 heterocycles. The van der Waals surface area contributed by atoms with Crippen LogP contribution >= 0.6 is 0 Å². The highest BCUT2D eigenvalue weighted by Crippen LogP contribution is 2.31. The van der Waals surface area contributed by atoms with Crippen LogP contribution < -0.4 is 10.2 Å². The summed E-state index contributed by atoms with van der Waals surface area (Å²) in [5.74, 6) is 0.360. The van der Waals surface area contributed by atoms with E-state index < -0.39 is 0 Å². The molecule has 5 nitrogen and oxygen atoms in total. The Bertz CT molecular complexity index is 672. The van der Waals surface area contributed by atoms with Gasteiger partial charge in [-0.3, -0.25) is 9.59 Å². The highest BCUT2D eigenvalue weighted by molar-refractivity contribution is 6.02. The molecule has 1 aliphatic carbocycles. The number of amides is 2. The molecule has 0 aromatic heterocycles. The summed E-state index contributed by atoms with van der Waals surface area (Å²) in [7, 11) is 0. The van der Waals surface area contributed by atoms with Crippen molar-refractivity contribution in [2.45, 2.75) is 51.4 Å². The standard InChI is InChI=1S/C21H29N3O2/c25-20(16-7-6-8-16)22-17-9-10-19(23-11-2-1-3-12-23)18(15-17)21(26)24-13-4-5-14-24/h9-10,15-16H,1-8,11-14H2,(H,22,25). The first-order valence-corrected chi connectivity index (χ1v) is 10.2. The van der Waals surface area contributed by atoms with Crippen LogP contribution in [0.25, 0.3) is 0 Å². The van der Waals surface area contributed by atoms with Gasteiger partial charge in [-0.1, -0.05) is 6.42 Å². The predicted octanol–water partition coefficient (Wildman–Crippen LogP) is 3.65. The molecule has 0 radical (unpaired) electrons. The molecule has 0 bridgehead atoms. The molecule has 2 saturated heterocycles. The Morgan fingerprint density at radius 3 is 2.23 bits per heavy atom. The number of anilines is 2. The van der Waals surface area contributed by atoms with Crippen molar-refractivity contribution in [3.63, 3.8) is 0 Å². The summed E-state index contributed by atoms with van der Waals surface area (Å²) in [5.41, 5.74) is 2.54. The zero-order valence-corrected chi connectivity index (χ0v) is 15.5. The van der Waals surface area contributed by atoms with Crippen molar-refractivity contribution in [3.8, 4) is 0 Å². The first-order valence-electron chi connectivity index (χ1n) is 10.2. The molecule has 3 aliphatic rings. The number of piperidine rings is 1. The zero-order chi connectivity index (χ0) is 17.9. The maximum absolute atomic E-state index is 13.1. The van der Waals surface area contributed by atoms with E-state index in [1.54, 1.807) is 0 Å².